The molecule has 1 N–H and O–H groups in total. The van der Waals surface area contributed by atoms with Gasteiger partial charge in [0.25, 0.3) is 5.91 Å². The van der Waals surface area contributed by atoms with Crippen LogP contribution in [0.4, 0.5) is 0 Å². The highest BCUT2D eigenvalue weighted by molar-refractivity contribution is 5.81. The van der Waals surface area contributed by atoms with E-state index in [4.69, 9.17) is 4.74 Å². The van der Waals surface area contributed by atoms with Crippen LogP contribution in [-0.2, 0) is 4.79 Å². The molecule has 0 aromatic heterocycles. The van der Waals surface area contributed by atoms with Gasteiger partial charge in [0.05, 0.1) is 6.04 Å². The number of hydrogen-bond acceptors (Lipinski definition) is 2. The molecule has 128 valence electrons. The van der Waals surface area contributed by atoms with E-state index in [-0.39, 0.29) is 11.9 Å². The number of aryl methyl sites for hydroxylation is 3. The Morgan fingerprint density at radius 3 is 2.46 bits per heavy atom. The Balaban J connectivity index is 2.04. The lowest BCUT2D eigenvalue weighted by atomic mass is 9.99. The number of nitrogens with one attached hydrogen (secondary N) is 1. The van der Waals surface area contributed by atoms with Crippen molar-refractivity contribution < 1.29 is 9.53 Å². The van der Waals surface area contributed by atoms with Crippen LogP contribution in [-0.4, -0.2) is 12.0 Å². The maximum absolute atomic E-state index is 12.5. The molecule has 3 nitrogen and oxygen atoms in total. The minimum atomic E-state index is -0.535. The maximum atomic E-state index is 12.5. The first-order valence-electron chi connectivity index (χ1n) is 8.51. The number of amides is 1. The quantitative estimate of drug-likeness (QED) is 0.840. The Morgan fingerprint density at radius 2 is 1.83 bits per heavy atom. The van der Waals surface area contributed by atoms with Crippen LogP contribution < -0.4 is 10.1 Å². The molecule has 0 bridgehead atoms. The second kappa shape index (κ2) is 8.00. The largest absolute Gasteiger partial charge is 0.481 e. The Kier molecular flexibility index (Phi) is 6.02. The molecule has 0 fully saturated rings. The van der Waals surface area contributed by atoms with E-state index < -0.39 is 6.10 Å². The minimum Gasteiger partial charge on any atom is -0.481 e. The highest BCUT2D eigenvalue weighted by Gasteiger charge is 2.19. The van der Waals surface area contributed by atoms with Crippen molar-refractivity contribution in [2.24, 2.45) is 0 Å². The van der Waals surface area contributed by atoms with Crippen LogP contribution in [0, 0.1) is 20.8 Å². The van der Waals surface area contributed by atoms with Crippen LogP contribution in [0.5, 0.6) is 5.75 Å². The van der Waals surface area contributed by atoms with Gasteiger partial charge in [0.15, 0.2) is 6.10 Å². The van der Waals surface area contributed by atoms with Crippen LogP contribution >= 0.6 is 0 Å². The molecule has 3 heteroatoms. The average Bonchev–Trinajstić information content (AvgIpc) is 2.55. The molecule has 24 heavy (non-hydrogen) atoms. The fraction of sp³-hybridized carbons (Fsp3) is 0.381. The molecule has 0 saturated carbocycles. The molecule has 0 aliphatic heterocycles. The summed E-state index contributed by atoms with van der Waals surface area (Å²) in [7, 11) is 0. The van der Waals surface area contributed by atoms with Crippen LogP contribution in [0.1, 0.15) is 48.6 Å². The van der Waals surface area contributed by atoms with E-state index in [1.165, 1.54) is 11.1 Å². The molecule has 0 saturated heterocycles. The van der Waals surface area contributed by atoms with Crippen molar-refractivity contribution in [1.82, 2.24) is 5.32 Å². The van der Waals surface area contributed by atoms with Gasteiger partial charge in [-0.2, -0.15) is 0 Å². The molecular weight excluding hydrogens is 298 g/mol. The lowest BCUT2D eigenvalue weighted by molar-refractivity contribution is -0.128. The predicted octanol–water partition coefficient (Wildman–Crippen LogP) is 4.65. The third-order valence-corrected chi connectivity index (χ3v) is 4.33. The van der Waals surface area contributed by atoms with E-state index in [2.05, 4.69) is 44.3 Å². The zero-order valence-electron chi connectivity index (χ0n) is 15.2. The van der Waals surface area contributed by atoms with E-state index in [1.807, 2.05) is 31.2 Å². The van der Waals surface area contributed by atoms with E-state index in [0.29, 0.717) is 0 Å². The summed E-state index contributed by atoms with van der Waals surface area (Å²) in [5.74, 6) is 0.624. The van der Waals surface area contributed by atoms with E-state index >= 15 is 0 Å². The number of hydrogen-bond donors (Lipinski definition) is 1. The van der Waals surface area contributed by atoms with Gasteiger partial charge in [0, 0.05) is 0 Å². The SMILES string of the molecule is CC[C@H](NC(=O)[C@@H](C)Oc1cccc(C)c1)c1ccc(C)c(C)c1. The zero-order valence-corrected chi connectivity index (χ0v) is 15.2. The molecule has 0 heterocycles. The van der Waals surface area contributed by atoms with Gasteiger partial charge in [0.2, 0.25) is 0 Å². The first kappa shape index (κ1) is 18.1. The highest BCUT2D eigenvalue weighted by Crippen LogP contribution is 2.20. The molecule has 0 spiro atoms. The van der Waals surface area contributed by atoms with Gasteiger partial charge in [-0.05, 0) is 68.5 Å². The smallest absolute Gasteiger partial charge is 0.261 e. The Hall–Kier alpha value is -2.29. The Labute approximate surface area is 145 Å². The topological polar surface area (TPSA) is 38.3 Å². The monoisotopic (exact) mass is 325 g/mol. The van der Waals surface area contributed by atoms with Crippen LogP contribution in [0.2, 0.25) is 0 Å². The lowest BCUT2D eigenvalue weighted by Crippen LogP contribution is -2.38. The number of carbonyl (C=O) groups is 1. The molecule has 2 atom stereocenters. The van der Waals surface area contributed by atoms with Crippen LogP contribution in [0.25, 0.3) is 0 Å². The van der Waals surface area contributed by atoms with E-state index in [9.17, 15) is 4.79 Å². The second-order valence-electron chi connectivity index (χ2n) is 6.39. The number of benzene rings is 2. The van der Waals surface area contributed by atoms with Gasteiger partial charge in [-0.15, -0.1) is 0 Å². The van der Waals surface area contributed by atoms with Crippen molar-refractivity contribution in [2.45, 2.75) is 53.2 Å². The Morgan fingerprint density at radius 1 is 1.08 bits per heavy atom. The summed E-state index contributed by atoms with van der Waals surface area (Å²) in [5.41, 5.74) is 4.75. The third-order valence-electron chi connectivity index (χ3n) is 4.33. The van der Waals surface area contributed by atoms with Crippen LogP contribution in [0.15, 0.2) is 42.5 Å². The van der Waals surface area contributed by atoms with Gasteiger partial charge < -0.3 is 10.1 Å². The van der Waals surface area contributed by atoms with Gasteiger partial charge in [0.1, 0.15) is 5.75 Å². The molecule has 0 radical (unpaired) electrons. The lowest BCUT2D eigenvalue weighted by Gasteiger charge is -2.22. The predicted molar refractivity (Wildman–Crippen MR) is 98.4 cm³/mol. The maximum Gasteiger partial charge on any atom is 0.261 e. The fourth-order valence-electron chi connectivity index (χ4n) is 2.64. The first-order chi connectivity index (χ1) is 11.4. The first-order valence-corrected chi connectivity index (χ1v) is 8.51. The summed E-state index contributed by atoms with van der Waals surface area (Å²) in [6, 6.07) is 14.1. The minimum absolute atomic E-state index is 0.000333. The summed E-state index contributed by atoms with van der Waals surface area (Å²) in [6.45, 7) is 10.1. The molecule has 0 aliphatic rings. The fourth-order valence-corrected chi connectivity index (χ4v) is 2.64. The second-order valence-corrected chi connectivity index (χ2v) is 6.39. The average molecular weight is 325 g/mol. The number of ether oxygens (including phenoxy) is 1. The normalized spacial score (nSPS) is 13.2. The van der Waals surface area contributed by atoms with Crippen molar-refractivity contribution in [3.63, 3.8) is 0 Å². The summed E-state index contributed by atoms with van der Waals surface area (Å²) >= 11 is 0. The van der Waals surface area contributed by atoms with Crippen molar-refractivity contribution in [3.05, 3.63) is 64.7 Å². The third kappa shape index (κ3) is 4.60. The van der Waals surface area contributed by atoms with Crippen molar-refractivity contribution >= 4 is 5.91 Å². The van der Waals surface area contributed by atoms with E-state index in [0.717, 1.165) is 23.3 Å². The molecule has 2 aromatic rings. The summed E-state index contributed by atoms with van der Waals surface area (Å²) in [5, 5.41) is 3.10. The zero-order chi connectivity index (χ0) is 17.7. The molecule has 2 aromatic carbocycles. The summed E-state index contributed by atoms with van der Waals surface area (Å²) in [4.78, 5) is 12.5. The van der Waals surface area contributed by atoms with Gasteiger partial charge in [-0.25, -0.2) is 0 Å². The summed E-state index contributed by atoms with van der Waals surface area (Å²) in [6.07, 6.45) is 0.304. The van der Waals surface area contributed by atoms with Gasteiger partial charge >= 0.3 is 0 Å². The van der Waals surface area contributed by atoms with Gasteiger partial charge in [-0.1, -0.05) is 37.3 Å². The van der Waals surface area contributed by atoms with Crippen LogP contribution in [0.3, 0.4) is 0 Å². The van der Waals surface area contributed by atoms with Crippen molar-refractivity contribution in [1.29, 1.82) is 0 Å². The molecule has 1 amide bonds. The molecular formula is C21H27NO2. The Bertz CT molecular complexity index is 709. The van der Waals surface area contributed by atoms with Crippen molar-refractivity contribution in [2.75, 3.05) is 0 Å². The highest BCUT2D eigenvalue weighted by atomic mass is 16.5. The molecule has 0 aliphatic carbocycles. The summed E-state index contributed by atoms with van der Waals surface area (Å²) < 4.78 is 5.77. The molecule has 2 rings (SSSR count). The number of rotatable bonds is 6. The van der Waals surface area contributed by atoms with Gasteiger partial charge in [-0.3, -0.25) is 4.79 Å². The number of carbonyl (C=O) groups excluding carboxylic acids is 1. The standard InChI is InChI=1S/C21H27NO2/c1-6-20(18-11-10-15(3)16(4)13-18)22-21(23)17(5)24-19-9-7-8-14(2)12-19/h7-13,17,20H,6H2,1-5H3,(H,22,23)/t17-,20+/m1/s1. The van der Waals surface area contributed by atoms with E-state index in [1.54, 1.807) is 6.92 Å². The van der Waals surface area contributed by atoms with Crippen molar-refractivity contribution in [3.8, 4) is 5.75 Å². The molecule has 0 unspecified atom stereocenters.